The highest BCUT2D eigenvalue weighted by atomic mass is 35.5. The lowest BCUT2D eigenvalue weighted by atomic mass is 10.3. The largest absolute Gasteiger partial charge is 0.353 e. The average molecular weight is 239 g/mol. The molecule has 0 aliphatic heterocycles. The van der Waals surface area contributed by atoms with Gasteiger partial charge >= 0.3 is 0 Å². The van der Waals surface area contributed by atoms with E-state index in [0.717, 1.165) is 11.4 Å². The molecule has 0 aliphatic rings. The summed E-state index contributed by atoms with van der Waals surface area (Å²) in [5, 5.41) is 4.30. The molecule has 1 heterocycles. The molecule has 4 heteroatoms. The van der Waals surface area contributed by atoms with Crippen molar-refractivity contribution in [1.29, 1.82) is 0 Å². The lowest BCUT2D eigenvalue weighted by molar-refractivity contribution is 1.32. The smallest absolute Gasteiger partial charge is 0.152 e. The van der Waals surface area contributed by atoms with Gasteiger partial charge in [-0.15, -0.1) is 0 Å². The standard InChI is InChI=1S/C11H8Cl2N2/c12-8-3-5-9(6-4-8)15-10-2-1-7-14-11(10)13/h1-7,15H. The third-order valence-corrected chi connectivity index (χ3v) is 2.44. The van der Waals surface area contributed by atoms with E-state index in [-0.39, 0.29) is 0 Å². The average Bonchev–Trinajstić information content (AvgIpc) is 2.25. The first-order valence-corrected chi connectivity index (χ1v) is 5.14. The zero-order valence-electron chi connectivity index (χ0n) is 7.74. The molecule has 2 nitrogen and oxygen atoms in total. The number of benzene rings is 1. The van der Waals surface area contributed by atoms with Gasteiger partial charge < -0.3 is 5.32 Å². The van der Waals surface area contributed by atoms with Gasteiger partial charge in [0.25, 0.3) is 0 Å². The zero-order chi connectivity index (χ0) is 10.7. The van der Waals surface area contributed by atoms with E-state index < -0.39 is 0 Å². The third-order valence-electron chi connectivity index (χ3n) is 1.88. The first-order chi connectivity index (χ1) is 7.25. The molecule has 2 rings (SSSR count). The number of halogens is 2. The van der Waals surface area contributed by atoms with Crippen molar-refractivity contribution in [2.45, 2.75) is 0 Å². The van der Waals surface area contributed by atoms with Crippen LogP contribution in [-0.4, -0.2) is 4.98 Å². The normalized spacial score (nSPS) is 10.0. The topological polar surface area (TPSA) is 24.9 Å². The summed E-state index contributed by atoms with van der Waals surface area (Å²) in [6.45, 7) is 0. The fraction of sp³-hybridized carbons (Fsp3) is 0. The SMILES string of the molecule is Clc1ccc(Nc2cccnc2Cl)cc1. The maximum Gasteiger partial charge on any atom is 0.152 e. The highest BCUT2D eigenvalue weighted by Crippen LogP contribution is 2.23. The van der Waals surface area contributed by atoms with Crippen molar-refractivity contribution in [3.63, 3.8) is 0 Å². The van der Waals surface area contributed by atoms with Gasteiger partial charge in [0.1, 0.15) is 0 Å². The van der Waals surface area contributed by atoms with E-state index in [1.807, 2.05) is 36.4 Å². The predicted octanol–water partition coefficient (Wildman–Crippen LogP) is 4.13. The Morgan fingerprint density at radius 2 is 1.73 bits per heavy atom. The number of rotatable bonds is 2. The van der Waals surface area contributed by atoms with Gasteiger partial charge in [0.2, 0.25) is 0 Å². The molecule has 0 bridgehead atoms. The number of nitrogens with zero attached hydrogens (tertiary/aromatic N) is 1. The Hall–Kier alpha value is -1.25. The predicted molar refractivity (Wildman–Crippen MR) is 64.0 cm³/mol. The maximum atomic E-state index is 5.91. The molecule has 1 aromatic carbocycles. The van der Waals surface area contributed by atoms with Crippen molar-refractivity contribution in [3.8, 4) is 0 Å². The molecule has 0 unspecified atom stereocenters. The summed E-state index contributed by atoms with van der Waals surface area (Å²) < 4.78 is 0. The molecule has 0 saturated heterocycles. The molecule has 76 valence electrons. The molecular formula is C11H8Cl2N2. The molecule has 0 atom stereocenters. The lowest BCUT2D eigenvalue weighted by Gasteiger charge is -2.06. The maximum absolute atomic E-state index is 5.91. The Morgan fingerprint density at radius 1 is 1.00 bits per heavy atom. The van der Waals surface area contributed by atoms with Crippen LogP contribution in [-0.2, 0) is 0 Å². The highest BCUT2D eigenvalue weighted by Gasteiger charge is 1.99. The summed E-state index contributed by atoms with van der Waals surface area (Å²) >= 11 is 11.7. The summed E-state index contributed by atoms with van der Waals surface area (Å²) in [5.41, 5.74) is 1.70. The Balaban J connectivity index is 2.22. The quantitative estimate of drug-likeness (QED) is 0.797. The van der Waals surface area contributed by atoms with Crippen molar-refractivity contribution in [1.82, 2.24) is 4.98 Å². The van der Waals surface area contributed by atoms with E-state index >= 15 is 0 Å². The number of hydrogen-bond donors (Lipinski definition) is 1. The minimum Gasteiger partial charge on any atom is -0.353 e. The van der Waals surface area contributed by atoms with Crippen LogP contribution in [0.25, 0.3) is 0 Å². The Labute approximate surface area is 97.9 Å². The van der Waals surface area contributed by atoms with Crippen molar-refractivity contribution < 1.29 is 0 Å². The van der Waals surface area contributed by atoms with E-state index in [2.05, 4.69) is 10.3 Å². The fourth-order valence-electron chi connectivity index (χ4n) is 1.17. The number of pyridine rings is 1. The summed E-state index contributed by atoms with van der Waals surface area (Å²) in [6, 6.07) is 11.1. The molecule has 0 radical (unpaired) electrons. The van der Waals surface area contributed by atoms with Gasteiger partial charge in [-0.25, -0.2) is 4.98 Å². The van der Waals surface area contributed by atoms with Gasteiger partial charge in [0.15, 0.2) is 5.15 Å². The second-order valence-electron chi connectivity index (χ2n) is 2.97. The summed E-state index contributed by atoms with van der Waals surface area (Å²) in [6.07, 6.45) is 1.65. The third kappa shape index (κ3) is 2.61. The van der Waals surface area contributed by atoms with E-state index in [1.54, 1.807) is 6.20 Å². The van der Waals surface area contributed by atoms with Gasteiger partial charge in [-0.2, -0.15) is 0 Å². The van der Waals surface area contributed by atoms with Crippen LogP contribution in [0.1, 0.15) is 0 Å². The Bertz CT molecular complexity index is 454. The fourth-order valence-corrected chi connectivity index (χ4v) is 1.46. The van der Waals surface area contributed by atoms with Crippen molar-refractivity contribution >= 4 is 34.6 Å². The minimum absolute atomic E-state index is 0.451. The molecule has 0 spiro atoms. The van der Waals surface area contributed by atoms with Gasteiger partial charge in [0.05, 0.1) is 5.69 Å². The molecule has 0 aliphatic carbocycles. The van der Waals surface area contributed by atoms with E-state index in [1.165, 1.54) is 0 Å². The Kier molecular flexibility index (Phi) is 3.09. The molecule has 1 aromatic heterocycles. The van der Waals surface area contributed by atoms with Gasteiger partial charge in [-0.3, -0.25) is 0 Å². The highest BCUT2D eigenvalue weighted by molar-refractivity contribution is 6.32. The summed E-state index contributed by atoms with van der Waals surface area (Å²) in [7, 11) is 0. The number of anilines is 2. The van der Waals surface area contributed by atoms with E-state index in [4.69, 9.17) is 23.2 Å². The number of nitrogens with one attached hydrogen (secondary N) is 1. The Morgan fingerprint density at radius 3 is 2.40 bits per heavy atom. The molecule has 1 N–H and O–H groups in total. The van der Waals surface area contributed by atoms with Crippen LogP contribution < -0.4 is 5.32 Å². The zero-order valence-corrected chi connectivity index (χ0v) is 9.26. The molecule has 2 aromatic rings. The monoisotopic (exact) mass is 238 g/mol. The van der Waals surface area contributed by atoms with Crippen LogP contribution in [0.4, 0.5) is 11.4 Å². The van der Waals surface area contributed by atoms with Crippen molar-refractivity contribution in [2.24, 2.45) is 0 Å². The van der Waals surface area contributed by atoms with Crippen LogP contribution in [0.5, 0.6) is 0 Å². The number of aromatic nitrogens is 1. The molecular weight excluding hydrogens is 231 g/mol. The van der Waals surface area contributed by atoms with Crippen LogP contribution in [0.15, 0.2) is 42.6 Å². The second-order valence-corrected chi connectivity index (χ2v) is 3.77. The van der Waals surface area contributed by atoms with Gasteiger partial charge in [0, 0.05) is 16.9 Å². The summed E-state index contributed by atoms with van der Waals surface area (Å²) in [5.74, 6) is 0. The lowest BCUT2D eigenvalue weighted by Crippen LogP contribution is -1.91. The van der Waals surface area contributed by atoms with Gasteiger partial charge in [-0.05, 0) is 36.4 Å². The van der Waals surface area contributed by atoms with E-state index in [0.29, 0.717) is 10.2 Å². The second kappa shape index (κ2) is 4.51. The van der Waals surface area contributed by atoms with Crippen molar-refractivity contribution in [3.05, 3.63) is 52.8 Å². The molecule has 0 fully saturated rings. The minimum atomic E-state index is 0.451. The molecule has 15 heavy (non-hydrogen) atoms. The first-order valence-electron chi connectivity index (χ1n) is 4.39. The van der Waals surface area contributed by atoms with Crippen LogP contribution in [0.3, 0.4) is 0 Å². The van der Waals surface area contributed by atoms with Crippen LogP contribution in [0.2, 0.25) is 10.2 Å². The molecule has 0 amide bonds. The molecule has 0 saturated carbocycles. The van der Waals surface area contributed by atoms with Crippen LogP contribution in [0, 0.1) is 0 Å². The number of hydrogen-bond acceptors (Lipinski definition) is 2. The summed E-state index contributed by atoms with van der Waals surface area (Å²) in [4.78, 5) is 3.97. The van der Waals surface area contributed by atoms with Crippen molar-refractivity contribution in [2.75, 3.05) is 5.32 Å². The van der Waals surface area contributed by atoms with Gasteiger partial charge in [-0.1, -0.05) is 23.2 Å². The first kappa shape index (κ1) is 10.3. The van der Waals surface area contributed by atoms with Crippen LogP contribution >= 0.6 is 23.2 Å². The van der Waals surface area contributed by atoms with E-state index in [9.17, 15) is 0 Å².